The third-order valence-corrected chi connectivity index (χ3v) is 4.55. The van der Waals surface area contributed by atoms with E-state index in [4.69, 9.17) is 4.74 Å². The summed E-state index contributed by atoms with van der Waals surface area (Å²) in [5.41, 5.74) is 2.60. The number of ether oxygens (including phenoxy) is 1. The largest absolute Gasteiger partial charge is 0.376 e. The first-order valence-corrected chi connectivity index (χ1v) is 8.20. The normalized spacial score (nSPS) is 20.7. The standard InChI is InChI=1S/C16H25BrN2O/c1-12(18-2)15-8-7-13(17)10-16(15)19(3)11-14-6-4-5-9-20-14/h7-8,10,12,14,18H,4-6,9,11H2,1-3H3. The molecule has 0 spiro atoms. The maximum absolute atomic E-state index is 5.86. The molecule has 112 valence electrons. The molecule has 1 aliphatic rings. The van der Waals surface area contributed by atoms with Gasteiger partial charge in [-0.05, 0) is 50.9 Å². The molecule has 0 saturated carbocycles. The summed E-state index contributed by atoms with van der Waals surface area (Å²) in [6, 6.07) is 6.84. The van der Waals surface area contributed by atoms with E-state index >= 15 is 0 Å². The molecular weight excluding hydrogens is 316 g/mol. The van der Waals surface area contributed by atoms with Gasteiger partial charge in [0.2, 0.25) is 0 Å². The van der Waals surface area contributed by atoms with Crippen molar-refractivity contribution in [2.24, 2.45) is 0 Å². The minimum absolute atomic E-state index is 0.341. The van der Waals surface area contributed by atoms with Crippen molar-refractivity contribution in [1.82, 2.24) is 5.32 Å². The van der Waals surface area contributed by atoms with Crippen LogP contribution in [0.2, 0.25) is 0 Å². The van der Waals surface area contributed by atoms with Crippen molar-refractivity contribution < 1.29 is 4.74 Å². The minimum Gasteiger partial charge on any atom is -0.376 e. The van der Waals surface area contributed by atoms with E-state index in [0.29, 0.717) is 12.1 Å². The van der Waals surface area contributed by atoms with Crippen molar-refractivity contribution in [3.8, 4) is 0 Å². The van der Waals surface area contributed by atoms with Gasteiger partial charge in [0.15, 0.2) is 0 Å². The summed E-state index contributed by atoms with van der Waals surface area (Å²) in [5.74, 6) is 0. The van der Waals surface area contributed by atoms with Crippen LogP contribution in [0, 0.1) is 0 Å². The predicted molar refractivity (Wildman–Crippen MR) is 88.5 cm³/mol. The molecule has 1 heterocycles. The van der Waals surface area contributed by atoms with E-state index < -0.39 is 0 Å². The maximum Gasteiger partial charge on any atom is 0.0749 e. The molecule has 1 saturated heterocycles. The first-order valence-electron chi connectivity index (χ1n) is 7.41. The molecule has 4 heteroatoms. The topological polar surface area (TPSA) is 24.5 Å². The Kier molecular flexibility index (Phi) is 5.87. The molecule has 2 unspecified atom stereocenters. The van der Waals surface area contributed by atoms with E-state index in [-0.39, 0.29) is 0 Å². The molecule has 2 rings (SSSR count). The minimum atomic E-state index is 0.341. The highest BCUT2D eigenvalue weighted by atomic mass is 79.9. The number of benzene rings is 1. The van der Waals surface area contributed by atoms with Crippen LogP contribution in [0.25, 0.3) is 0 Å². The van der Waals surface area contributed by atoms with Crippen LogP contribution >= 0.6 is 15.9 Å². The monoisotopic (exact) mass is 340 g/mol. The molecule has 0 radical (unpaired) electrons. The number of likely N-dealkylation sites (N-methyl/N-ethyl adjacent to an activating group) is 1. The van der Waals surface area contributed by atoms with Gasteiger partial charge >= 0.3 is 0 Å². The molecule has 1 aliphatic heterocycles. The zero-order valence-corrected chi connectivity index (χ0v) is 14.2. The zero-order chi connectivity index (χ0) is 14.5. The van der Waals surface area contributed by atoms with Gasteiger partial charge in [-0.1, -0.05) is 22.0 Å². The Balaban J connectivity index is 2.14. The summed E-state index contributed by atoms with van der Waals surface area (Å²) in [6.45, 7) is 4.06. The zero-order valence-electron chi connectivity index (χ0n) is 12.7. The first kappa shape index (κ1) is 15.8. The fraction of sp³-hybridized carbons (Fsp3) is 0.625. The molecule has 1 aromatic carbocycles. The number of halogens is 1. The molecule has 2 atom stereocenters. The number of hydrogen-bond acceptors (Lipinski definition) is 3. The number of nitrogens with zero attached hydrogens (tertiary/aromatic N) is 1. The third-order valence-electron chi connectivity index (χ3n) is 4.05. The number of rotatable bonds is 5. The maximum atomic E-state index is 5.86. The smallest absolute Gasteiger partial charge is 0.0749 e. The molecule has 1 fully saturated rings. The lowest BCUT2D eigenvalue weighted by atomic mass is 10.0. The Morgan fingerprint density at radius 1 is 1.45 bits per heavy atom. The van der Waals surface area contributed by atoms with Crippen molar-refractivity contribution >= 4 is 21.6 Å². The lowest BCUT2D eigenvalue weighted by Crippen LogP contribution is -2.34. The van der Waals surface area contributed by atoms with Gasteiger partial charge in [-0.25, -0.2) is 0 Å². The van der Waals surface area contributed by atoms with Gasteiger partial charge in [-0.15, -0.1) is 0 Å². The highest BCUT2D eigenvalue weighted by molar-refractivity contribution is 9.10. The summed E-state index contributed by atoms with van der Waals surface area (Å²) in [5, 5.41) is 3.33. The highest BCUT2D eigenvalue weighted by Gasteiger charge is 2.19. The van der Waals surface area contributed by atoms with Gasteiger partial charge in [0.05, 0.1) is 6.10 Å². The van der Waals surface area contributed by atoms with E-state index in [1.54, 1.807) is 0 Å². The summed E-state index contributed by atoms with van der Waals surface area (Å²) in [6.07, 6.45) is 4.04. The molecule has 1 aromatic rings. The number of nitrogens with one attached hydrogen (secondary N) is 1. The van der Waals surface area contributed by atoms with Crippen LogP contribution in [0.1, 0.15) is 37.8 Å². The Labute approximate surface area is 130 Å². The van der Waals surface area contributed by atoms with E-state index in [0.717, 1.165) is 17.6 Å². The van der Waals surface area contributed by atoms with Gasteiger partial charge in [0.1, 0.15) is 0 Å². The van der Waals surface area contributed by atoms with Crippen molar-refractivity contribution in [3.05, 3.63) is 28.2 Å². The average Bonchev–Trinajstić information content (AvgIpc) is 2.47. The molecule has 0 bridgehead atoms. The molecule has 0 aromatic heterocycles. The Morgan fingerprint density at radius 3 is 2.90 bits per heavy atom. The molecule has 20 heavy (non-hydrogen) atoms. The predicted octanol–water partition coefficient (Wildman–Crippen LogP) is 3.73. The van der Waals surface area contributed by atoms with E-state index in [1.807, 2.05) is 7.05 Å². The van der Waals surface area contributed by atoms with Crippen molar-refractivity contribution in [1.29, 1.82) is 0 Å². The fourth-order valence-corrected chi connectivity index (χ4v) is 3.07. The van der Waals surface area contributed by atoms with Gasteiger partial charge in [-0.3, -0.25) is 0 Å². The molecule has 3 nitrogen and oxygen atoms in total. The second-order valence-corrected chi connectivity index (χ2v) is 6.50. The van der Waals surface area contributed by atoms with Gasteiger partial charge in [-0.2, -0.15) is 0 Å². The lowest BCUT2D eigenvalue weighted by Gasteiger charge is -2.31. The van der Waals surface area contributed by atoms with Crippen molar-refractivity contribution in [3.63, 3.8) is 0 Å². The van der Waals surface area contributed by atoms with Crippen molar-refractivity contribution in [2.75, 3.05) is 32.1 Å². The number of hydrogen-bond donors (Lipinski definition) is 1. The van der Waals surface area contributed by atoms with Gasteiger partial charge < -0.3 is 15.0 Å². The van der Waals surface area contributed by atoms with E-state index in [2.05, 4.69) is 58.3 Å². The highest BCUT2D eigenvalue weighted by Crippen LogP contribution is 2.29. The summed E-state index contributed by atoms with van der Waals surface area (Å²) >= 11 is 3.58. The summed E-state index contributed by atoms with van der Waals surface area (Å²) < 4.78 is 6.98. The van der Waals surface area contributed by atoms with E-state index in [1.165, 1.54) is 30.5 Å². The molecule has 0 aliphatic carbocycles. The molecular formula is C16H25BrN2O. The average molecular weight is 341 g/mol. The fourth-order valence-electron chi connectivity index (χ4n) is 2.72. The van der Waals surface area contributed by atoms with E-state index in [9.17, 15) is 0 Å². The second-order valence-electron chi connectivity index (χ2n) is 5.58. The second kappa shape index (κ2) is 7.43. The first-order chi connectivity index (χ1) is 9.61. The SMILES string of the molecule is CNC(C)c1ccc(Br)cc1N(C)CC1CCCCO1. The van der Waals surface area contributed by atoms with Crippen LogP contribution < -0.4 is 10.2 Å². The van der Waals surface area contributed by atoms with Crippen LogP contribution in [0.5, 0.6) is 0 Å². The van der Waals surface area contributed by atoms with Crippen LogP contribution in [0.3, 0.4) is 0 Å². The molecule has 0 amide bonds. The van der Waals surface area contributed by atoms with Gasteiger partial charge in [0.25, 0.3) is 0 Å². The summed E-state index contributed by atoms with van der Waals surface area (Å²) in [7, 11) is 4.16. The Bertz CT molecular complexity index is 432. The third kappa shape index (κ3) is 3.96. The Hall–Kier alpha value is -0.580. The van der Waals surface area contributed by atoms with Gasteiger partial charge in [0, 0.05) is 36.4 Å². The van der Waals surface area contributed by atoms with Crippen LogP contribution in [0.15, 0.2) is 22.7 Å². The lowest BCUT2D eigenvalue weighted by molar-refractivity contribution is 0.0216. The van der Waals surface area contributed by atoms with Crippen molar-refractivity contribution in [2.45, 2.75) is 38.3 Å². The Morgan fingerprint density at radius 2 is 2.25 bits per heavy atom. The van der Waals surface area contributed by atoms with Crippen LogP contribution in [-0.2, 0) is 4.74 Å². The summed E-state index contributed by atoms with van der Waals surface area (Å²) in [4.78, 5) is 2.32. The quantitative estimate of drug-likeness (QED) is 0.883. The number of anilines is 1. The van der Waals surface area contributed by atoms with Crippen LogP contribution in [0.4, 0.5) is 5.69 Å². The molecule has 1 N–H and O–H groups in total. The van der Waals surface area contributed by atoms with Crippen LogP contribution in [-0.4, -0.2) is 33.4 Å².